The number of nitrogens with zero attached hydrogens (tertiary/aromatic N) is 3. The van der Waals surface area contributed by atoms with E-state index < -0.39 is 0 Å². The molecule has 0 spiro atoms. The van der Waals surface area contributed by atoms with Crippen molar-refractivity contribution in [2.45, 2.75) is 6.61 Å². The molecule has 2 heterocycles. The third kappa shape index (κ3) is 5.03. The Hall–Kier alpha value is -2.97. The summed E-state index contributed by atoms with van der Waals surface area (Å²) in [6, 6.07) is 11.8. The summed E-state index contributed by atoms with van der Waals surface area (Å²) in [6.07, 6.45) is 0. The van der Waals surface area contributed by atoms with E-state index in [2.05, 4.69) is 16.9 Å². The Labute approximate surface area is 184 Å². The molecule has 0 unspecified atom stereocenters. The number of hydrogen-bond acceptors (Lipinski definition) is 6. The number of halogens is 1. The lowest BCUT2D eigenvalue weighted by Gasteiger charge is -2.31. The Kier molecular flexibility index (Phi) is 6.48. The van der Waals surface area contributed by atoms with Crippen LogP contribution in [0.2, 0.25) is 0 Å². The summed E-state index contributed by atoms with van der Waals surface area (Å²) < 4.78 is 24.7. The van der Waals surface area contributed by atoms with E-state index in [1.807, 2.05) is 17.0 Å². The van der Waals surface area contributed by atoms with Crippen LogP contribution in [0.1, 0.15) is 16.1 Å². The monoisotopic (exact) mass is 441 g/mol. The molecule has 1 amide bonds. The number of piperazine rings is 1. The molecule has 31 heavy (non-hydrogen) atoms. The van der Waals surface area contributed by atoms with Gasteiger partial charge in [-0.2, -0.15) is 0 Å². The Morgan fingerprint density at radius 1 is 1.13 bits per heavy atom. The van der Waals surface area contributed by atoms with E-state index in [9.17, 15) is 9.18 Å². The van der Waals surface area contributed by atoms with Gasteiger partial charge in [-0.3, -0.25) is 4.79 Å². The molecule has 3 aromatic rings. The SMILES string of the molecule is COc1cc(-c2nc(C(=O)N3CCN(C)CC3)cs2)ccc1OCc1cccc(F)c1. The summed E-state index contributed by atoms with van der Waals surface area (Å²) >= 11 is 1.43. The van der Waals surface area contributed by atoms with Gasteiger partial charge in [0.05, 0.1) is 7.11 Å². The average Bonchev–Trinajstić information content (AvgIpc) is 3.28. The van der Waals surface area contributed by atoms with E-state index in [4.69, 9.17) is 9.47 Å². The minimum absolute atomic E-state index is 0.0300. The molecule has 6 nitrogen and oxygen atoms in total. The van der Waals surface area contributed by atoms with Crippen molar-refractivity contribution in [3.63, 3.8) is 0 Å². The van der Waals surface area contributed by atoms with E-state index >= 15 is 0 Å². The number of thiazole rings is 1. The van der Waals surface area contributed by atoms with Gasteiger partial charge in [0.1, 0.15) is 23.1 Å². The van der Waals surface area contributed by atoms with E-state index in [1.54, 1.807) is 30.7 Å². The van der Waals surface area contributed by atoms with Gasteiger partial charge < -0.3 is 19.3 Å². The second-order valence-corrected chi connectivity index (χ2v) is 8.28. The van der Waals surface area contributed by atoms with E-state index in [0.717, 1.165) is 29.2 Å². The van der Waals surface area contributed by atoms with Crippen molar-refractivity contribution in [3.8, 4) is 22.1 Å². The van der Waals surface area contributed by atoms with Gasteiger partial charge in [0.25, 0.3) is 5.91 Å². The third-order valence-electron chi connectivity index (χ3n) is 5.21. The number of likely N-dealkylation sites (N-methyl/N-ethyl adjacent to an activating group) is 1. The number of amides is 1. The molecule has 2 aromatic carbocycles. The number of ether oxygens (including phenoxy) is 2. The number of methoxy groups -OCH3 is 1. The summed E-state index contributed by atoms with van der Waals surface area (Å²) in [5.74, 6) is 0.781. The Morgan fingerprint density at radius 2 is 1.94 bits per heavy atom. The molecule has 1 fully saturated rings. The van der Waals surface area contributed by atoms with Crippen LogP contribution in [0.25, 0.3) is 10.6 Å². The fraction of sp³-hybridized carbons (Fsp3) is 0.304. The van der Waals surface area contributed by atoms with Crippen molar-refractivity contribution in [1.82, 2.24) is 14.8 Å². The molecule has 0 bridgehead atoms. The third-order valence-corrected chi connectivity index (χ3v) is 6.10. The van der Waals surface area contributed by atoms with Crippen LogP contribution in [0.15, 0.2) is 47.8 Å². The first-order valence-electron chi connectivity index (χ1n) is 10.0. The number of carbonyl (C=O) groups is 1. The molecule has 1 aliphatic heterocycles. The number of rotatable bonds is 6. The van der Waals surface area contributed by atoms with Crippen molar-refractivity contribution in [2.24, 2.45) is 0 Å². The molecule has 0 atom stereocenters. The average molecular weight is 442 g/mol. The topological polar surface area (TPSA) is 54.9 Å². The summed E-state index contributed by atoms with van der Waals surface area (Å²) in [5.41, 5.74) is 2.05. The van der Waals surface area contributed by atoms with Crippen molar-refractivity contribution in [1.29, 1.82) is 0 Å². The first kappa shape index (κ1) is 21.3. The van der Waals surface area contributed by atoms with E-state index in [1.165, 1.54) is 23.5 Å². The lowest BCUT2D eigenvalue weighted by molar-refractivity contribution is 0.0659. The minimum atomic E-state index is -0.297. The van der Waals surface area contributed by atoms with E-state index in [-0.39, 0.29) is 18.3 Å². The maximum absolute atomic E-state index is 13.4. The molecule has 0 aliphatic carbocycles. The number of hydrogen-bond donors (Lipinski definition) is 0. The summed E-state index contributed by atoms with van der Waals surface area (Å²) in [5, 5.41) is 2.55. The molecule has 1 aliphatic rings. The van der Waals surface area contributed by atoms with Crippen LogP contribution in [-0.2, 0) is 6.61 Å². The second kappa shape index (κ2) is 9.45. The number of carbonyl (C=O) groups excluding carboxylic acids is 1. The van der Waals surface area contributed by atoms with Crippen LogP contribution < -0.4 is 9.47 Å². The summed E-state index contributed by atoms with van der Waals surface area (Å²) in [7, 11) is 3.62. The molecule has 1 saturated heterocycles. The zero-order chi connectivity index (χ0) is 21.8. The minimum Gasteiger partial charge on any atom is -0.493 e. The van der Waals surface area contributed by atoms with Crippen molar-refractivity contribution >= 4 is 17.2 Å². The molecule has 1 aromatic heterocycles. The highest BCUT2D eigenvalue weighted by molar-refractivity contribution is 7.13. The van der Waals surface area contributed by atoms with Gasteiger partial charge >= 0.3 is 0 Å². The fourth-order valence-electron chi connectivity index (χ4n) is 3.38. The second-order valence-electron chi connectivity index (χ2n) is 7.42. The van der Waals surface area contributed by atoms with E-state index in [0.29, 0.717) is 30.3 Å². The van der Waals surface area contributed by atoms with Gasteiger partial charge in [-0.1, -0.05) is 12.1 Å². The lowest BCUT2D eigenvalue weighted by Crippen LogP contribution is -2.47. The summed E-state index contributed by atoms with van der Waals surface area (Å²) in [4.78, 5) is 21.4. The van der Waals surface area contributed by atoms with Crippen LogP contribution in [0.4, 0.5) is 4.39 Å². The van der Waals surface area contributed by atoms with Crippen LogP contribution in [-0.4, -0.2) is 61.0 Å². The van der Waals surface area contributed by atoms with Crippen molar-refractivity contribution in [2.75, 3.05) is 40.3 Å². The predicted molar refractivity (Wildman–Crippen MR) is 118 cm³/mol. The highest BCUT2D eigenvalue weighted by Crippen LogP contribution is 2.34. The van der Waals surface area contributed by atoms with Gasteiger partial charge in [-0.15, -0.1) is 11.3 Å². The maximum atomic E-state index is 13.4. The molecule has 0 N–H and O–H groups in total. The smallest absolute Gasteiger partial charge is 0.273 e. The maximum Gasteiger partial charge on any atom is 0.273 e. The highest BCUT2D eigenvalue weighted by atomic mass is 32.1. The lowest BCUT2D eigenvalue weighted by atomic mass is 10.2. The van der Waals surface area contributed by atoms with Gasteiger partial charge in [-0.05, 0) is 42.9 Å². The van der Waals surface area contributed by atoms with Gasteiger partial charge in [0.15, 0.2) is 11.5 Å². The molecule has 4 rings (SSSR count). The zero-order valence-corrected chi connectivity index (χ0v) is 18.3. The molecular formula is C23H24FN3O3S. The normalized spacial score (nSPS) is 14.5. The predicted octanol–water partition coefficient (Wildman–Crippen LogP) is 3.92. The molecule has 0 saturated carbocycles. The van der Waals surface area contributed by atoms with Gasteiger partial charge in [-0.25, -0.2) is 9.37 Å². The van der Waals surface area contributed by atoms with Crippen molar-refractivity contribution < 1.29 is 18.7 Å². The Morgan fingerprint density at radius 3 is 2.68 bits per heavy atom. The molecule has 0 radical (unpaired) electrons. The van der Waals surface area contributed by atoms with Crippen LogP contribution in [0.5, 0.6) is 11.5 Å². The quantitative estimate of drug-likeness (QED) is 0.580. The number of aromatic nitrogens is 1. The number of benzene rings is 2. The molecule has 8 heteroatoms. The highest BCUT2D eigenvalue weighted by Gasteiger charge is 2.22. The largest absolute Gasteiger partial charge is 0.493 e. The Bertz CT molecular complexity index is 1060. The van der Waals surface area contributed by atoms with Crippen LogP contribution in [0.3, 0.4) is 0 Å². The Balaban J connectivity index is 1.47. The molecule has 162 valence electrons. The first-order chi connectivity index (χ1) is 15.0. The molecular weight excluding hydrogens is 417 g/mol. The first-order valence-corrected chi connectivity index (χ1v) is 10.9. The van der Waals surface area contributed by atoms with Crippen LogP contribution >= 0.6 is 11.3 Å². The zero-order valence-electron chi connectivity index (χ0n) is 17.5. The van der Waals surface area contributed by atoms with Crippen molar-refractivity contribution in [3.05, 3.63) is 64.9 Å². The summed E-state index contributed by atoms with van der Waals surface area (Å²) in [6.45, 7) is 3.41. The van der Waals surface area contributed by atoms with Gasteiger partial charge in [0.2, 0.25) is 0 Å². The standard InChI is InChI=1S/C23H24FN3O3S/c1-26-8-10-27(11-9-26)23(28)19-15-31-22(25-19)17-6-7-20(21(13-17)29-2)30-14-16-4-3-5-18(24)12-16/h3-7,12-13,15H,8-11,14H2,1-2H3. The van der Waals surface area contributed by atoms with Crippen LogP contribution in [0, 0.1) is 5.82 Å². The van der Waals surface area contributed by atoms with Gasteiger partial charge in [0, 0.05) is 37.1 Å². The fourth-order valence-corrected chi connectivity index (χ4v) is 4.17.